The molecule has 234 valence electrons. The molecule has 0 amide bonds. The summed E-state index contributed by atoms with van der Waals surface area (Å²) < 4.78 is 23.7. The Morgan fingerprint density at radius 3 is 2.48 bits per heavy atom. The van der Waals surface area contributed by atoms with Crippen molar-refractivity contribution in [3.05, 3.63) is 51.9 Å². The smallest absolute Gasteiger partial charge is 0.349 e. The van der Waals surface area contributed by atoms with Gasteiger partial charge in [-0.15, -0.1) is 0 Å². The van der Waals surface area contributed by atoms with Crippen LogP contribution in [0.3, 0.4) is 0 Å². The molecule has 0 saturated carbocycles. The van der Waals surface area contributed by atoms with Gasteiger partial charge < -0.3 is 19.2 Å². The molecule has 3 aliphatic heterocycles. The van der Waals surface area contributed by atoms with Gasteiger partial charge in [0.25, 0.3) is 0 Å². The van der Waals surface area contributed by atoms with E-state index in [-0.39, 0.29) is 17.5 Å². The van der Waals surface area contributed by atoms with Crippen LogP contribution in [-0.4, -0.2) is 65.5 Å². The number of halogens is 1. The monoisotopic (exact) mass is 603 g/mol. The van der Waals surface area contributed by atoms with Crippen LogP contribution < -0.4 is 15.3 Å². The Bertz CT molecular complexity index is 1700. The number of benzene rings is 2. The van der Waals surface area contributed by atoms with Crippen molar-refractivity contribution in [1.29, 1.82) is 5.26 Å². The van der Waals surface area contributed by atoms with Crippen LogP contribution in [0.1, 0.15) is 64.5 Å². The maximum atomic E-state index is 13.1. The molecular weight excluding hydrogens is 561 g/mol. The van der Waals surface area contributed by atoms with E-state index in [1.54, 1.807) is 31.2 Å². The van der Waals surface area contributed by atoms with Crippen molar-refractivity contribution in [3.63, 3.8) is 0 Å². The minimum Gasteiger partial charge on any atom is -0.508 e. The molecule has 10 heteroatoms. The number of nitrogens with zero attached hydrogens (tertiary/aromatic N) is 5. The van der Waals surface area contributed by atoms with Gasteiger partial charge in [-0.1, -0.05) is 39.8 Å². The predicted molar refractivity (Wildman–Crippen MR) is 172 cm³/mol. The molecule has 3 fully saturated rings. The molecule has 3 saturated heterocycles. The third kappa shape index (κ3) is 6.34. The van der Waals surface area contributed by atoms with Crippen LogP contribution in [-0.2, 0) is 0 Å². The number of fused-ring (bicyclic) bond motifs is 3. The van der Waals surface area contributed by atoms with Crippen molar-refractivity contribution in [2.45, 2.75) is 72.5 Å². The predicted octanol–water partition coefficient (Wildman–Crippen LogP) is 6.75. The lowest BCUT2D eigenvalue weighted by Gasteiger charge is -2.32. The zero-order chi connectivity index (χ0) is 32.0. The lowest BCUT2D eigenvalue weighted by Crippen LogP contribution is -2.38. The maximum Gasteiger partial charge on any atom is 0.349 e. The summed E-state index contributed by atoms with van der Waals surface area (Å²) in [4.78, 5) is 26.2. The molecule has 7 rings (SSSR count). The van der Waals surface area contributed by atoms with Crippen LogP contribution >= 0.6 is 0 Å². The topological polar surface area (TPSA) is 116 Å². The van der Waals surface area contributed by atoms with Gasteiger partial charge in [0.15, 0.2) is 5.82 Å². The summed E-state index contributed by atoms with van der Waals surface area (Å²) in [6.45, 7) is 13.2. The van der Waals surface area contributed by atoms with Gasteiger partial charge in [0.2, 0.25) is 0 Å². The summed E-state index contributed by atoms with van der Waals surface area (Å²) in [5.74, 6) is 0.743. The number of rotatable bonds is 3. The minimum absolute atomic E-state index is 0.00118. The first-order valence-electron chi connectivity index (χ1n) is 15.6. The van der Waals surface area contributed by atoms with Crippen LogP contribution in [0.4, 0.5) is 10.2 Å². The number of phenols is 1. The zero-order valence-corrected chi connectivity index (χ0v) is 26.5. The highest BCUT2D eigenvalue weighted by molar-refractivity contribution is 6.03. The molecule has 2 aromatic heterocycles. The van der Waals surface area contributed by atoms with Gasteiger partial charge in [-0.3, -0.25) is 4.90 Å². The molecule has 5 heterocycles. The number of methoxy groups -OCH3 is 1. The Hall–Kier alpha value is -4.23. The number of phenolic OH excluding ortho intramolecular Hbond substituents is 1. The second-order valence-electron chi connectivity index (χ2n) is 10.6. The highest BCUT2D eigenvalue weighted by Gasteiger charge is 2.34. The summed E-state index contributed by atoms with van der Waals surface area (Å²) in [7, 11) is 1.48. The molecule has 0 bridgehead atoms. The summed E-state index contributed by atoms with van der Waals surface area (Å²) >= 11 is 0. The third-order valence-electron chi connectivity index (χ3n) is 8.09. The fourth-order valence-electron chi connectivity index (χ4n) is 6.03. The fourth-order valence-corrected chi connectivity index (χ4v) is 6.03. The molecule has 0 aliphatic carbocycles. The van der Waals surface area contributed by atoms with E-state index in [2.05, 4.69) is 20.9 Å². The number of aromatic nitrogens is 2. The average Bonchev–Trinajstić information content (AvgIpc) is 3.60. The highest BCUT2D eigenvalue weighted by atomic mass is 19.1. The number of aromatic hydroxyl groups is 1. The number of nitriles is 1. The molecule has 4 aromatic rings. The number of anilines is 1. The molecule has 44 heavy (non-hydrogen) atoms. The van der Waals surface area contributed by atoms with Crippen molar-refractivity contribution >= 4 is 27.5 Å². The SMILES string of the molecule is CC.CC.COc1nc(N2CCC2)c2c(=O)oc(-c3cc(O)cc4cccc(C#N)c34)c(C)c2n1.FC1CC2CCCN2C1. The van der Waals surface area contributed by atoms with Crippen LogP contribution in [0.2, 0.25) is 0 Å². The number of aryl methyl sites for hydroxylation is 1. The largest absolute Gasteiger partial charge is 0.508 e. The Labute approximate surface area is 257 Å². The fraction of sp³-hybridized carbons (Fsp3) is 0.471. The van der Waals surface area contributed by atoms with Gasteiger partial charge in [0.1, 0.15) is 23.1 Å². The molecule has 3 aliphatic rings. The van der Waals surface area contributed by atoms with E-state index in [4.69, 9.17) is 9.15 Å². The Balaban J connectivity index is 0.000000284. The van der Waals surface area contributed by atoms with Gasteiger partial charge in [0, 0.05) is 42.2 Å². The van der Waals surface area contributed by atoms with Crippen molar-refractivity contribution < 1.29 is 18.7 Å². The van der Waals surface area contributed by atoms with E-state index in [9.17, 15) is 19.6 Å². The Morgan fingerprint density at radius 1 is 1.09 bits per heavy atom. The molecule has 0 spiro atoms. The van der Waals surface area contributed by atoms with Crippen LogP contribution in [0, 0.1) is 18.3 Å². The van der Waals surface area contributed by atoms with Crippen LogP contribution in [0.15, 0.2) is 39.5 Å². The standard InChI is InChI=1S/C23H18N4O4.C7H12FN.2C2H6/c1-12-19-18(21(27-7-4-8-27)26-23(25-19)30-2)22(29)31-20(12)16-10-15(28)9-13-5-3-6-14(11-24)17(13)16;8-6-4-7-2-1-3-9(7)5-6;2*1-2/h3,5-6,9-10,28H,4,7-8H2,1-2H3;6-7H,1-5H2;2*1-2H3. The highest BCUT2D eigenvalue weighted by Crippen LogP contribution is 2.38. The quantitative estimate of drug-likeness (QED) is 0.271. The number of hydrogen-bond acceptors (Lipinski definition) is 9. The van der Waals surface area contributed by atoms with Gasteiger partial charge in [-0.2, -0.15) is 15.2 Å². The van der Waals surface area contributed by atoms with E-state index < -0.39 is 11.8 Å². The van der Waals surface area contributed by atoms with Crippen molar-refractivity contribution in [3.8, 4) is 29.2 Å². The van der Waals surface area contributed by atoms with E-state index in [1.165, 1.54) is 26.0 Å². The second-order valence-corrected chi connectivity index (χ2v) is 10.6. The van der Waals surface area contributed by atoms with Crippen molar-refractivity contribution in [2.24, 2.45) is 0 Å². The summed E-state index contributed by atoms with van der Waals surface area (Å²) in [6.07, 6.45) is 3.83. The Kier molecular flexibility index (Phi) is 10.8. The molecule has 2 atom stereocenters. The molecule has 9 nitrogen and oxygen atoms in total. The number of hydrogen-bond donors (Lipinski definition) is 1. The van der Waals surface area contributed by atoms with Gasteiger partial charge in [-0.05, 0) is 62.7 Å². The lowest BCUT2D eigenvalue weighted by molar-refractivity contribution is 0.292. The second kappa shape index (κ2) is 14.5. The van der Waals surface area contributed by atoms with Crippen molar-refractivity contribution in [1.82, 2.24) is 14.9 Å². The Morgan fingerprint density at radius 2 is 1.84 bits per heavy atom. The van der Waals surface area contributed by atoms with E-state index in [0.717, 1.165) is 32.5 Å². The number of ether oxygens (including phenoxy) is 1. The molecule has 0 radical (unpaired) electrons. The minimum atomic E-state index is -0.578. The van der Waals surface area contributed by atoms with Gasteiger partial charge in [0.05, 0.1) is 24.3 Å². The molecule has 1 N–H and O–H groups in total. The van der Waals surface area contributed by atoms with E-state index in [1.807, 2.05) is 32.6 Å². The van der Waals surface area contributed by atoms with E-state index >= 15 is 0 Å². The zero-order valence-electron chi connectivity index (χ0n) is 26.5. The first kappa shape index (κ1) is 32.7. The van der Waals surface area contributed by atoms with Gasteiger partial charge in [-0.25, -0.2) is 9.18 Å². The van der Waals surface area contributed by atoms with Crippen LogP contribution in [0.25, 0.3) is 33.0 Å². The first-order chi connectivity index (χ1) is 21.4. The summed E-state index contributed by atoms with van der Waals surface area (Å²) in [5.41, 5.74) is 1.30. The molecule has 2 unspecified atom stereocenters. The molecular formula is C34H42FN5O4. The average molecular weight is 604 g/mol. The first-order valence-corrected chi connectivity index (χ1v) is 15.6. The summed E-state index contributed by atoms with van der Waals surface area (Å²) in [5, 5.41) is 21.5. The van der Waals surface area contributed by atoms with Gasteiger partial charge >= 0.3 is 11.6 Å². The molecule has 2 aromatic carbocycles. The van der Waals surface area contributed by atoms with Crippen molar-refractivity contribution in [2.75, 3.05) is 38.2 Å². The number of alkyl halides is 1. The van der Waals surface area contributed by atoms with E-state index in [0.29, 0.717) is 56.8 Å². The summed E-state index contributed by atoms with van der Waals surface area (Å²) in [6, 6.07) is 11.2. The normalized spacial score (nSPS) is 18.5. The lowest BCUT2D eigenvalue weighted by atomic mass is 9.95. The van der Waals surface area contributed by atoms with Crippen LogP contribution in [0.5, 0.6) is 11.8 Å². The third-order valence-corrected chi connectivity index (χ3v) is 8.09. The maximum absolute atomic E-state index is 13.1.